The Hall–Kier alpha value is -2.94. The Kier molecular flexibility index (Phi) is 4.96. The molecule has 9 heteroatoms. The molecule has 4 heterocycles. The second-order valence-corrected chi connectivity index (χ2v) is 10.4. The molecule has 4 aromatic rings. The number of hydrogen-bond acceptors (Lipinski definition) is 5. The van der Waals surface area contributed by atoms with Crippen molar-refractivity contribution in [2.45, 2.75) is 45.3 Å². The molecule has 0 radical (unpaired) electrons. The van der Waals surface area contributed by atoms with Crippen LogP contribution < -0.4 is 0 Å². The van der Waals surface area contributed by atoms with E-state index in [0.29, 0.717) is 18.6 Å². The molecule has 1 aliphatic rings. The first-order chi connectivity index (χ1) is 15.2. The third-order valence-corrected chi connectivity index (χ3v) is 6.88. The number of amides is 1. The third kappa shape index (κ3) is 3.85. The summed E-state index contributed by atoms with van der Waals surface area (Å²) in [6.07, 6.45) is 5.08. The molecular formula is C23H26FN5O2S. The summed E-state index contributed by atoms with van der Waals surface area (Å²) in [6, 6.07) is 5.82. The van der Waals surface area contributed by atoms with Gasteiger partial charge >= 0.3 is 6.09 Å². The van der Waals surface area contributed by atoms with Gasteiger partial charge in [-0.25, -0.2) is 9.18 Å². The van der Waals surface area contributed by atoms with Crippen molar-refractivity contribution in [2.24, 2.45) is 7.05 Å². The lowest BCUT2D eigenvalue weighted by Gasteiger charge is -2.33. The minimum absolute atomic E-state index is 0.218. The predicted octanol–water partition coefficient (Wildman–Crippen LogP) is 5.36. The average Bonchev–Trinajstić information content (AvgIpc) is 3.40. The molecule has 1 aliphatic heterocycles. The second kappa shape index (κ2) is 7.58. The molecule has 32 heavy (non-hydrogen) atoms. The van der Waals surface area contributed by atoms with E-state index in [1.807, 2.05) is 39.2 Å². The van der Waals surface area contributed by atoms with Gasteiger partial charge in [-0.1, -0.05) is 0 Å². The minimum atomic E-state index is -0.492. The molecule has 7 nitrogen and oxygen atoms in total. The molecule has 3 aromatic heterocycles. The Morgan fingerprint density at radius 3 is 2.66 bits per heavy atom. The van der Waals surface area contributed by atoms with E-state index in [2.05, 4.69) is 20.9 Å². The molecule has 0 atom stereocenters. The van der Waals surface area contributed by atoms with E-state index in [1.54, 1.807) is 34.0 Å². The van der Waals surface area contributed by atoms with Crippen LogP contribution in [0.15, 0.2) is 30.6 Å². The summed E-state index contributed by atoms with van der Waals surface area (Å²) in [4.78, 5) is 16.2. The Bertz CT molecular complexity index is 1310. The number of ether oxygens (including phenoxy) is 1. The van der Waals surface area contributed by atoms with Crippen molar-refractivity contribution in [1.29, 1.82) is 0 Å². The van der Waals surface area contributed by atoms with Crippen molar-refractivity contribution in [3.63, 3.8) is 0 Å². The van der Waals surface area contributed by atoms with Crippen LogP contribution in [0, 0.1) is 5.82 Å². The topological polar surface area (TPSA) is 65.2 Å². The summed E-state index contributed by atoms with van der Waals surface area (Å²) in [5.41, 5.74) is 0.740. The number of halogens is 1. The highest BCUT2D eigenvalue weighted by atomic mass is 32.1. The van der Waals surface area contributed by atoms with E-state index in [4.69, 9.17) is 4.74 Å². The van der Waals surface area contributed by atoms with Crippen LogP contribution in [0.2, 0.25) is 0 Å². The SMILES string of the molecule is Cn1cc2cc(-c3cc4cnn(C5CCN(C(=O)OC(C)(C)C)CC5)c4s3)cc(F)c2n1. The first kappa shape index (κ1) is 20.9. The molecule has 0 aliphatic carbocycles. The maximum absolute atomic E-state index is 14.6. The number of aromatic nitrogens is 4. The zero-order valence-corrected chi connectivity index (χ0v) is 19.4. The van der Waals surface area contributed by atoms with Crippen LogP contribution in [0.25, 0.3) is 31.6 Å². The number of nitrogens with zero attached hydrogens (tertiary/aromatic N) is 5. The fourth-order valence-corrected chi connectivity index (χ4v) is 5.37. The van der Waals surface area contributed by atoms with Crippen molar-refractivity contribution in [2.75, 3.05) is 13.1 Å². The molecule has 1 saturated heterocycles. The number of carbonyl (C=O) groups is 1. The molecule has 1 amide bonds. The van der Waals surface area contributed by atoms with Gasteiger partial charge in [-0.3, -0.25) is 9.36 Å². The third-order valence-electron chi connectivity index (χ3n) is 5.69. The molecule has 0 N–H and O–H groups in total. The smallest absolute Gasteiger partial charge is 0.410 e. The monoisotopic (exact) mass is 455 g/mol. The summed E-state index contributed by atoms with van der Waals surface area (Å²) in [5.74, 6) is -0.313. The largest absolute Gasteiger partial charge is 0.444 e. The van der Waals surface area contributed by atoms with Gasteiger partial charge < -0.3 is 9.64 Å². The molecule has 0 unspecified atom stereocenters. The number of carbonyl (C=O) groups excluding carboxylic acids is 1. The second-order valence-electron chi connectivity index (χ2n) is 9.36. The molecule has 0 saturated carbocycles. The maximum atomic E-state index is 14.6. The number of aryl methyl sites for hydroxylation is 1. The number of fused-ring (bicyclic) bond motifs is 2. The fourth-order valence-electron chi connectivity index (χ4n) is 4.22. The predicted molar refractivity (Wildman–Crippen MR) is 123 cm³/mol. The van der Waals surface area contributed by atoms with Crippen LogP contribution in [0.4, 0.5) is 9.18 Å². The number of likely N-dealkylation sites (tertiary alicyclic amines) is 1. The van der Waals surface area contributed by atoms with Crippen molar-refractivity contribution in [3.8, 4) is 10.4 Å². The van der Waals surface area contributed by atoms with Crippen LogP contribution in [-0.2, 0) is 11.8 Å². The van der Waals surface area contributed by atoms with Gasteiger partial charge in [-0.05, 0) is 57.4 Å². The molecule has 5 rings (SSSR count). The van der Waals surface area contributed by atoms with Gasteiger partial charge in [-0.2, -0.15) is 10.2 Å². The van der Waals surface area contributed by atoms with Gasteiger partial charge in [0.15, 0.2) is 5.82 Å². The molecule has 0 bridgehead atoms. The summed E-state index contributed by atoms with van der Waals surface area (Å²) >= 11 is 1.62. The van der Waals surface area contributed by atoms with E-state index < -0.39 is 5.60 Å². The lowest BCUT2D eigenvalue weighted by Crippen LogP contribution is -2.42. The van der Waals surface area contributed by atoms with Gasteiger partial charge in [0.05, 0.1) is 12.2 Å². The van der Waals surface area contributed by atoms with Gasteiger partial charge in [0, 0.05) is 42.0 Å². The maximum Gasteiger partial charge on any atom is 0.410 e. The Balaban J connectivity index is 1.37. The van der Waals surface area contributed by atoms with E-state index in [-0.39, 0.29) is 18.0 Å². The number of rotatable bonds is 2. The van der Waals surface area contributed by atoms with E-state index in [0.717, 1.165) is 38.9 Å². The quantitative estimate of drug-likeness (QED) is 0.408. The molecule has 1 fully saturated rings. The summed E-state index contributed by atoms with van der Waals surface area (Å²) in [7, 11) is 1.79. The van der Waals surface area contributed by atoms with Gasteiger partial charge in [0.2, 0.25) is 0 Å². The number of thiophene rings is 1. The van der Waals surface area contributed by atoms with E-state index in [9.17, 15) is 9.18 Å². The van der Waals surface area contributed by atoms with Crippen molar-refractivity contribution in [1.82, 2.24) is 24.5 Å². The summed E-state index contributed by atoms with van der Waals surface area (Å²) < 4.78 is 23.8. The molecule has 168 valence electrons. The van der Waals surface area contributed by atoms with Crippen LogP contribution >= 0.6 is 11.3 Å². The molecule has 1 aromatic carbocycles. The minimum Gasteiger partial charge on any atom is -0.444 e. The van der Waals surface area contributed by atoms with E-state index >= 15 is 0 Å². The Morgan fingerprint density at radius 2 is 1.94 bits per heavy atom. The first-order valence-electron chi connectivity index (χ1n) is 10.8. The van der Waals surface area contributed by atoms with Gasteiger partial charge in [-0.15, -0.1) is 11.3 Å². The Labute approximate surface area is 189 Å². The van der Waals surface area contributed by atoms with Gasteiger partial charge in [0.25, 0.3) is 0 Å². The summed E-state index contributed by atoms with van der Waals surface area (Å²) in [6.45, 7) is 6.92. The molecular weight excluding hydrogens is 429 g/mol. The first-order valence-corrected chi connectivity index (χ1v) is 11.6. The van der Waals surface area contributed by atoms with Crippen molar-refractivity contribution >= 4 is 38.5 Å². The zero-order valence-electron chi connectivity index (χ0n) is 18.6. The van der Waals surface area contributed by atoms with Gasteiger partial charge in [0.1, 0.15) is 15.9 Å². The lowest BCUT2D eigenvalue weighted by atomic mass is 10.1. The fraction of sp³-hybridized carbons (Fsp3) is 0.435. The zero-order chi connectivity index (χ0) is 22.6. The standard InChI is InChI=1S/C23H26FN5O2S/c1-23(2,3)31-22(30)28-7-5-17(6-8-28)29-21-15(12-25-29)11-19(32-21)14-9-16-13-27(4)26-20(16)18(24)10-14/h9-13,17H,5-8H2,1-4H3. The van der Waals surface area contributed by atoms with Crippen molar-refractivity contribution in [3.05, 3.63) is 36.4 Å². The lowest BCUT2D eigenvalue weighted by molar-refractivity contribution is 0.0186. The molecule has 0 spiro atoms. The number of hydrogen-bond donors (Lipinski definition) is 0. The van der Waals surface area contributed by atoms with Crippen LogP contribution in [0.1, 0.15) is 39.7 Å². The number of piperidine rings is 1. The van der Waals surface area contributed by atoms with Crippen molar-refractivity contribution < 1.29 is 13.9 Å². The van der Waals surface area contributed by atoms with E-state index in [1.165, 1.54) is 0 Å². The number of benzene rings is 1. The normalized spacial score (nSPS) is 15.7. The Morgan fingerprint density at radius 1 is 1.19 bits per heavy atom. The highest BCUT2D eigenvalue weighted by Gasteiger charge is 2.29. The van der Waals surface area contributed by atoms with Crippen LogP contribution in [-0.4, -0.2) is 49.2 Å². The van der Waals surface area contributed by atoms with Crippen LogP contribution in [0.5, 0.6) is 0 Å². The van der Waals surface area contributed by atoms with Crippen LogP contribution in [0.3, 0.4) is 0 Å². The highest BCUT2D eigenvalue weighted by Crippen LogP contribution is 2.37. The average molecular weight is 456 g/mol. The highest BCUT2D eigenvalue weighted by molar-refractivity contribution is 7.21. The summed E-state index contributed by atoms with van der Waals surface area (Å²) in [5, 5.41) is 10.6.